The summed E-state index contributed by atoms with van der Waals surface area (Å²) < 4.78 is 44.6. The van der Waals surface area contributed by atoms with Crippen molar-refractivity contribution in [1.29, 1.82) is 0 Å². The number of rotatable bonds is 4. The van der Waals surface area contributed by atoms with Crippen LogP contribution in [0.1, 0.15) is 27.3 Å². The van der Waals surface area contributed by atoms with E-state index in [1.165, 1.54) is 14.0 Å². The van der Waals surface area contributed by atoms with E-state index in [2.05, 4.69) is 25.8 Å². The molecule has 0 saturated heterocycles. The molecule has 0 radical (unpaired) electrons. The van der Waals surface area contributed by atoms with Gasteiger partial charge in [0, 0.05) is 10.9 Å². The van der Waals surface area contributed by atoms with E-state index in [9.17, 15) is 18.0 Å². The van der Waals surface area contributed by atoms with Gasteiger partial charge in [-0.2, -0.15) is 18.3 Å². The van der Waals surface area contributed by atoms with Crippen LogP contribution in [0.4, 0.5) is 13.2 Å². The molecule has 2 rings (SSSR count). The molecule has 1 heterocycles. The minimum Gasteiger partial charge on any atom is -0.465 e. The Balaban J connectivity index is 2.47. The summed E-state index contributed by atoms with van der Waals surface area (Å²) in [5.41, 5.74) is 1.25. The second-order valence-corrected chi connectivity index (χ2v) is 5.89. The number of methoxy groups -OCH3 is 1. The Hall–Kier alpha value is -1.83. The summed E-state index contributed by atoms with van der Waals surface area (Å²) in [6.07, 6.45) is -4.28. The van der Waals surface area contributed by atoms with Gasteiger partial charge in [0.05, 0.1) is 18.5 Å². The zero-order valence-corrected chi connectivity index (χ0v) is 14.0. The van der Waals surface area contributed by atoms with E-state index in [-0.39, 0.29) is 23.4 Å². The number of hydrogen-bond acceptors (Lipinski definition) is 3. The van der Waals surface area contributed by atoms with Crippen molar-refractivity contribution in [3.8, 4) is 0 Å². The number of halogens is 4. The van der Waals surface area contributed by atoms with E-state index in [0.29, 0.717) is 0 Å². The molecule has 0 saturated carbocycles. The van der Waals surface area contributed by atoms with E-state index in [1.54, 1.807) is 24.3 Å². The summed E-state index contributed by atoms with van der Waals surface area (Å²) in [5.74, 6) is -0.692. The van der Waals surface area contributed by atoms with Crippen molar-refractivity contribution in [2.24, 2.45) is 0 Å². The number of ether oxygens (including phenoxy) is 1. The number of alkyl halides is 3. The molecule has 0 aliphatic heterocycles. The highest BCUT2D eigenvalue weighted by atomic mass is 79.9. The third kappa shape index (κ3) is 4.34. The Morgan fingerprint density at radius 3 is 2.43 bits per heavy atom. The van der Waals surface area contributed by atoms with Crippen molar-refractivity contribution >= 4 is 21.9 Å². The van der Waals surface area contributed by atoms with E-state index in [0.717, 1.165) is 14.7 Å². The van der Waals surface area contributed by atoms with Crippen molar-refractivity contribution in [1.82, 2.24) is 9.78 Å². The number of benzene rings is 1. The Bertz CT molecular complexity index is 709. The smallest absolute Gasteiger partial charge is 0.408 e. The van der Waals surface area contributed by atoms with Gasteiger partial charge in [-0.25, -0.2) is 4.79 Å². The van der Waals surface area contributed by atoms with Crippen LogP contribution in [0.5, 0.6) is 0 Å². The van der Waals surface area contributed by atoms with Gasteiger partial charge >= 0.3 is 12.1 Å². The molecule has 0 aliphatic rings. The first-order valence-corrected chi connectivity index (χ1v) is 7.46. The van der Waals surface area contributed by atoms with Crippen LogP contribution in [-0.4, -0.2) is 29.0 Å². The number of nitrogens with zero attached hydrogens (tertiary/aromatic N) is 2. The van der Waals surface area contributed by atoms with Crippen molar-refractivity contribution in [3.63, 3.8) is 0 Å². The quantitative estimate of drug-likeness (QED) is 0.743. The molecular weight excluding hydrogens is 377 g/mol. The number of carbonyl (C=O) groups excluding carboxylic acids is 1. The van der Waals surface area contributed by atoms with Gasteiger partial charge in [-0.05, 0) is 24.6 Å². The normalized spacial score (nSPS) is 11.6. The lowest BCUT2D eigenvalue weighted by atomic mass is 10.1. The Morgan fingerprint density at radius 1 is 1.30 bits per heavy atom. The summed E-state index contributed by atoms with van der Waals surface area (Å²) in [7, 11) is 1.19. The second-order valence-electron chi connectivity index (χ2n) is 4.97. The molecule has 0 unspecified atom stereocenters. The van der Waals surface area contributed by atoms with Gasteiger partial charge in [0.1, 0.15) is 12.1 Å². The summed E-state index contributed by atoms with van der Waals surface area (Å²) in [6.45, 7) is 0.237. The molecule has 0 N–H and O–H groups in total. The number of hydrogen-bond donors (Lipinski definition) is 0. The maximum Gasteiger partial charge on any atom is 0.408 e. The summed E-state index contributed by atoms with van der Waals surface area (Å²) >= 11 is 3.30. The van der Waals surface area contributed by atoms with Crippen molar-refractivity contribution < 1.29 is 22.7 Å². The van der Waals surface area contributed by atoms with Crippen molar-refractivity contribution in [2.75, 3.05) is 7.11 Å². The van der Waals surface area contributed by atoms with Gasteiger partial charge < -0.3 is 4.74 Å². The molecule has 0 bridgehead atoms. The summed E-state index contributed by atoms with van der Waals surface area (Å²) in [5, 5.41) is 3.87. The predicted octanol–water partition coefficient (Wildman–Crippen LogP) is 3.89. The average molecular weight is 391 g/mol. The van der Waals surface area contributed by atoms with E-state index >= 15 is 0 Å². The molecule has 4 nitrogen and oxygen atoms in total. The number of aryl methyl sites for hydroxylation is 1. The third-order valence-electron chi connectivity index (χ3n) is 3.24. The van der Waals surface area contributed by atoms with Crippen LogP contribution in [0.15, 0.2) is 28.7 Å². The standard InChI is InChI=1S/C15H14BrF3N2O2/c1-9-13(14(22)23-2)12(21(20-9)8-15(17,18)19)7-10-3-5-11(16)6-4-10/h3-6H,7-8H2,1-2H3. The molecule has 0 amide bonds. The highest BCUT2D eigenvalue weighted by molar-refractivity contribution is 9.10. The number of aromatic nitrogens is 2. The number of esters is 1. The molecule has 0 aliphatic carbocycles. The van der Waals surface area contributed by atoms with Crippen molar-refractivity contribution in [2.45, 2.75) is 26.1 Å². The molecule has 0 fully saturated rings. The molecule has 0 spiro atoms. The molecule has 1 aromatic heterocycles. The van der Waals surface area contributed by atoms with Gasteiger partial charge in [0.15, 0.2) is 0 Å². The van der Waals surface area contributed by atoms with Crippen molar-refractivity contribution in [3.05, 3.63) is 51.3 Å². The fourth-order valence-corrected chi connectivity index (χ4v) is 2.54. The zero-order chi connectivity index (χ0) is 17.2. The topological polar surface area (TPSA) is 44.1 Å². The molecule has 23 heavy (non-hydrogen) atoms. The lowest BCUT2D eigenvalue weighted by molar-refractivity contribution is -0.143. The van der Waals surface area contributed by atoms with Crippen LogP contribution in [0.2, 0.25) is 0 Å². The molecule has 0 atom stereocenters. The third-order valence-corrected chi connectivity index (χ3v) is 3.76. The van der Waals surface area contributed by atoms with Crippen LogP contribution in [0.25, 0.3) is 0 Å². The molecule has 124 valence electrons. The van der Waals surface area contributed by atoms with Crippen LogP contribution >= 0.6 is 15.9 Å². The Kier molecular flexibility index (Phi) is 5.13. The predicted molar refractivity (Wildman–Crippen MR) is 81.3 cm³/mol. The van der Waals surface area contributed by atoms with Gasteiger partial charge in [-0.3, -0.25) is 4.68 Å². The van der Waals surface area contributed by atoms with E-state index < -0.39 is 18.7 Å². The Morgan fingerprint density at radius 2 is 1.91 bits per heavy atom. The van der Waals surface area contributed by atoms with Crippen LogP contribution < -0.4 is 0 Å². The van der Waals surface area contributed by atoms with Crippen LogP contribution in [-0.2, 0) is 17.7 Å². The maximum absolute atomic E-state index is 12.8. The minimum atomic E-state index is -4.43. The molecule has 1 aromatic carbocycles. The van der Waals surface area contributed by atoms with Crippen LogP contribution in [0, 0.1) is 6.92 Å². The van der Waals surface area contributed by atoms with E-state index in [1.807, 2.05) is 0 Å². The SMILES string of the molecule is COC(=O)c1c(C)nn(CC(F)(F)F)c1Cc1ccc(Br)cc1. The lowest BCUT2D eigenvalue weighted by Gasteiger charge is -2.11. The zero-order valence-electron chi connectivity index (χ0n) is 12.4. The highest BCUT2D eigenvalue weighted by Gasteiger charge is 2.32. The minimum absolute atomic E-state index is 0.0830. The van der Waals surface area contributed by atoms with Gasteiger partial charge in [-0.1, -0.05) is 28.1 Å². The highest BCUT2D eigenvalue weighted by Crippen LogP contribution is 2.24. The van der Waals surface area contributed by atoms with Gasteiger partial charge in [-0.15, -0.1) is 0 Å². The molecule has 8 heteroatoms. The second kappa shape index (κ2) is 6.74. The first kappa shape index (κ1) is 17.5. The van der Waals surface area contributed by atoms with E-state index in [4.69, 9.17) is 0 Å². The summed E-state index contributed by atoms with van der Waals surface area (Å²) in [6, 6.07) is 7.10. The molecular formula is C15H14BrF3N2O2. The fourth-order valence-electron chi connectivity index (χ4n) is 2.27. The van der Waals surface area contributed by atoms with Crippen LogP contribution in [0.3, 0.4) is 0 Å². The lowest BCUT2D eigenvalue weighted by Crippen LogP contribution is -2.21. The average Bonchev–Trinajstić information content (AvgIpc) is 2.74. The molecule has 2 aromatic rings. The van der Waals surface area contributed by atoms with Gasteiger partial charge in [0.2, 0.25) is 0 Å². The Labute approximate surface area is 139 Å². The largest absolute Gasteiger partial charge is 0.465 e. The number of carbonyl (C=O) groups is 1. The first-order valence-electron chi connectivity index (χ1n) is 6.67. The van der Waals surface area contributed by atoms with Gasteiger partial charge in [0.25, 0.3) is 0 Å². The fraction of sp³-hybridized carbons (Fsp3) is 0.333. The first-order chi connectivity index (χ1) is 10.7. The summed E-state index contributed by atoms with van der Waals surface area (Å²) in [4.78, 5) is 11.9. The monoisotopic (exact) mass is 390 g/mol. The maximum atomic E-state index is 12.8.